The van der Waals surface area contributed by atoms with Gasteiger partial charge in [-0.3, -0.25) is 0 Å². The molecule has 0 spiro atoms. The summed E-state index contributed by atoms with van der Waals surface area (Å²) < 4.78 is 5.17. The fourth-order valence-electron chi connectivity index (χ4n) is 2.98. The molecule has 3 heteroatoms. The first kappa shape index (κ1) is 13.2. The van der Waals surface area contributed by atoms with Gasteiger partial charge in [0.2, 0.25) is 0 Å². The Balaban J connectivity index is 2.11. The molecule has 100 valence electrons. The third kappa shape index (κ3) is 2.78. The Bertz CT molecular complexity index is 399. The van der Waals surface area contributed by atoms with Crippen molar-refractivity contribution in [3.05, 3.63) is 24.3 Å². The number of anilines is 1. The standard InChI is InChI=1S/C15H24N2O/c1-14(2)8-9-15(10-14,11-16)17-12-4-6-13(18-3)7-5-12/h4-7,17H,8-11,16H2,1-3H3. The molecule has 3 N–H and O–H groups in total. The molecule has 3 nitrogen and oxygen atoms in total. The van der Waals surface area contributed by atoms with E-state index in [1.54, 1.807) is 7.11 Å². The molecular formula is C15H24N2O. The molecule has 0 bridgehead atoms. The Kier molecular flexibility index (Phi) is 3.53. The van der Waals surface area contributed by atoms with Gasteiger partial charge in [0.25, 0.3) is 0 Å². The highest BCUT2D eigenvalue weighted by Gasteiger charge is 2.42. The summed E-state index contributed by atoms with van der Waals surface area (Å²) in [6.45, 7) is 5.32. The predicted molar refractivity (Wildman–Crippen MR) is 76.0 cm³/mol. The molecule has 0 aromatic heterocycles. The largest absolute Gasteiger partial charge is 0.497 e. The van der Waals surface area contributed by atoms with Gasteiger partial charge in [-0.2, -0.15) is 0 Å². The minimum Gasteiger partial charge on any atom is -0.497 e. The number of rotatable bonds is 4. The molecule has 0 amide bonds. The number of ether oxygens (including phenoxy) is 1. The van der Waals surface area contributed by atoms with E-state index in [1.807, 2.05) is 12.1 Å². The van der Waals surface area contributed by atoms with Crippen molar-refractivity contribution in [2.75, 3.05) is 19.0 Å². The molecule has 1 saturated carbocycles. The monoisotopic (exact) mass is 248 g/mol. The SMILES string of the molecule is COc1ccc(NC2(CN)CCC(C)(C)C2)cc1. The van der Waals surface area contributed by atoms with Gasteiger partial charge in [0.1, 0.15) is 5.75 Å². The first-order chi connectivity index (χ1) is 8.49. The molecule has 1 aromatic rings. The number of hydrogen-bond donors (Lipinski definition) is 2. The van der Waals surface area contributed by atoms with Gasteiger partial charge in [0.15, 0.2) is 0 Å². The van der Waals surface area contributed by atoms with Crippen molar-refractivity contribution in [3.63, 3.8) is 0 Å². The van der Waals surface area contributed by atoms with E-state index >= 15 is 0 Å². The lowest BCUT2D eigenvalue weighted by atomic mass is 9.87. The van der Waals surface area contributed by atoms with E-state index in [-0.39, 0.29) is 5.54 Å². The van der Waals surface area contributed by atoms with Crippen LogP contribution in [0.25, 0.3) is 0 Å². The number of benzene rings is 1. The molecule has 18 heavy (non-hydrogen) atoms. The van der Waals surface area contributed by atoms with Crippen molar-refractivity contribution in [1.29, 1.82) is 0 Å². The van der Waals surface area contributed by atoms with Crippen molar-refractivity contribution in [1.82, 2.24) is 0 Å². The van der Waals surface area contributed by atoms with Crippen molar-refractivity contribution in [3.8, 4) is 5.75 Å². The first-order valence-corrected chi connectivity index (χ1v) is 6.61. The third-order valence-electron chi connectivity index (χ3n) is 3.99. The van der Waals surface area contributed by atoms with Gasteiger partial charge in [-0.15, -0.1) is 0 Å². The quantitative estimate of drug-likeness (QED) is 0.861. The molecule has 1 fully saturated rings. The van der Waals surface area contributed by atoms with Gasteiger partial charge in [-0.05, 0) is 48.9 Å². The number of methoxy groups -OCH3 is 1. The molecule has 0 heterocycles. The predicted octanol–water partition coefficient (Wildman–Crippen LogP) is 3.01. The first-order valence-electron chi connectivity index (χ1n) is 6.61. The molecule has 0 aliphatic heterocycles. The van der Waals surface area contributed by atoms with Gasteiger partial charge in [0.05, 0.1) is 12.6 Å². The third-order valence-corrected chi connectivity index (χ3v) is 3.99. The van der Waals surface area contributed by atoms with Crippen LogP contribution in [0.1, 0.15) is 33.1 Å². The Morgan fingerprint density at radius 3 is 2.33 bits per heavy atom. The molecule has 1 atom stereocenters. The minimum absolute atomic E-state index is 0.0537. The maximum Gasteiger partial charge on any atom is 0.119 e. The second kappa shape index (κ2) is 4.81. The summed E-state index contributed by atoms with van der Waals surface area (Å²) in [5.41, 5.74) is 7.57. The van der Waals surface area contributed by atoms with Crippen molar-refractivity contribution < 1.29 is 4.74 Å². The average Bonchev–Trinajstić information content (AvgIpc) is 2.67. The Hall–Kier alpha value is -1.22. The van der Waals surface area contributed by atoms with E-state index in [2.05, 4.69) is 31.3 Å². The topological polar surface area (TPSA) is 47.3 Å². The maximum atomic E-state index is 6.01. The van der Waals surface area contributed by atoms with Crippen LogP contribution in [-0.2, 0) is 0 Å². The van der Waals surface area contributed by atoms with Gasteiger partial charge >= 0.3 is 0 Å². The maximum absolute atomic E-state index is 6.01. The summed E-state index contributed by atoms with van der Waals surface area (Å²) in [6, 6.07) is 8.07. The smallest absolute Gasteiger partial charge is 0.119 e. The van der Waals surface area contributed by atoms with Gasteiger partial charge < -0.3 is 15.8 Å². The fourth-order valence-corrected chi connectivity index (χ4v) is 2.98. The summed E-state index contributed by atoms with van der Waals surface area (Å²) >= 11 is 0. The molecule has 0 radical (unpaired) electrons. The van der Waals surface area contributed by atoms with Crippen LogP contribution in [0.2, 0.25) is 0 Å². The summed E-state index contributed by atoms with van der Waals surface area (Å²) in [6.07, 6.45) is 3.50. The normalized spacial score (nSPS) is 26.0. The van der Waals surface area contributed by atoms with Crippen molar-refractivity contribution in [2.24, 2.45) is 11.1 Å². The van der Waals surface area contributed by atoms with Crippen LogP contribution >= 0.6 is 0 Å². The van der Waals surface area contributed by atoms with Crippen molar-refractivity contribution >= 4 is 5.69 Å². The van der Waals surface area contributed by atoms with Crippen LogP contribution < -0.4 is 15.8 Å². The van der Waals surface area contributed by atoms with E-state index in [0.717, 1.165) is 24.3 Å². The van der Waals surface area contributed by atoms with Crippen molar-refractivity contribution in [2.45, 2.75) is 38.6 Å². The van der Waals surface area contributed by atoms with Crippen LogP contribution in [0.3, 0.4) is 0 Å². The highest BCUT2D eigenvalue weighted by atomic mass is 16.5. The Morgan fingerprint density at radius 2 is 1.89 bits per heavy atom. The van der Waals surface area contributed by atoms with E-state index in [1.165, 1.54) is 6.42 Å². The van der Waals surface area contributed by atoms with Crippen LogP contribution in [-0.4, -0.2) is 19.2 Å². The Labute approximate surface area is 110 Å². The van der Waals surface area contributed by atoms with Crippen LogP contribution in [0.5, 0.6) is 5.75 Å². The zero-order valence-corrected chi connectivity index (χ0v) is 11.6. The summed E-state index contributed by atoms with van der Waals surface area (Å²) in [4.78, 5) is 0. The minimum atomic E-state index is 0.0537. The number of nitrogens with one attached hydrogen (secondary N) is 1. The second-order valence-electron chi connectivity index (χ2n) is 6.18. The highest BCUT2D eigenvalue weighted by molar-refractivity contribution is 5.49. The lowest BCUT2D eigenvalue weighted by molar-refractivity contribution is 0.351. The van der Waals surface area contributed by atoms with Crippen LogP contribution in [0.4, 0.5) is 5.69 Å². The fraction of sp³-hybridized carbons (Fsp3) is 0.600. The molecule has 1 aromatic carbocycles. The van der Waals surface area contributed by atoms with E-state index in [9.17, 15) is 0 Å². The lowest BCUT2D eigenvalue weighted by Gasteiger charge is -2.32. The van der Waals surface area contributed by atoms with E-state index in [4.69, 9.17) is 10.5 Å². The van der Waals surface area contributed by atoms with Crippen LogP contribution in [0, 0.1) is 5.41 Å². The number of nitrogens with two attached hydrogens (primary N) is 1. The summed E-state index contributed by atoms with van der Waals surface area (Å²) in [7, 11) is 1.68. The van der Waals surface area contributed by atoms with Gasteiger partial charge in [-0.1, -0.05) is 13.8 Å². The molecule has 1 aliphatic carbocycles. The molecule has 0 saturated heterocycles. The summed E-state index contributed by atoms with van der Waals surface area (Å²) in [5.74, 6) is 0.883. The second-order valence-corrected chi connectivity index (χ2v) is 6.18. The molecule has 2 rings (SSSR count). The Morgan fingerprint density at radius 1 is 1.22 bits per heavy atom. The zero-order valence-electron chi connectivity index (χ0n) is 11.6. The molecule has 1 aliphatic rings. The molecular weight excluding hydrogens is 224 g/mol. The molecule has 1 unspecified atom stereocenters. The summed E-state index contributed by atoms with van der Waals surface area (Å²) in [5, 5.41) is 3.63. The van der Waals surface area contributed by atoms with E-state index < -0.39 is 0 Å². The lowest BCUT2D eigenvalue weighted by Crippen LogP contribution is -2.43. The zero-order chi connectivity index (χ0) is 13.2. The van der Waals surface area contributed by atoms with E-state index in [0.29, 0.717) is 12.0 Å². The van der Waals surface area contributed by atoms with Gasteiger partial charge in [0, 0.05) is 12.2 Å². The average molecular weight is 248 g/mol. The number of hydrogen-bond acceptors (Lipinski definition) is 3. The van der Waals surface area contributed by atoms with Gasteiger partial charge in [-0.25, -0.2) is 0 Å². The van der Waals surface area contributed by atoms with Crippen LogP contribution in [0.15, 0.2) is 24.3 Å². The highest BCUT2D eigenvalue weighted by Crippen LogP contribution is 2.44.